The van der Waals surface area contributed by atoms with Crippen molar-refractivity contribution in [1.82, 2.24) is 9.62 Å². The Kier molecular flexibility index (Phi) is 10.4. The number of sulfone groups is 1. The number of nitrogens with zero attached hydrogens (tertiary/aromatic N) is 3. The monoisotopic (exact) mass is 597 g/mol. The Bertz CT molecular complexity index is 1330. The Morgan fingerprint density at radius 1 is 1.00 bits per heavy atom. The molecule has 0 unspecified atom stereocenters. The number of aliphatic imine (C=N–C) groups is 1. The van der Waals surface area contributed by atoms with E-state index in [-0.39, 0.29) is 30.5 Å². The molecular formula is C27H43N5O6S2. The molecule has 2 aliphatic heterocycles. The van der Waals surface area contributed by atoms with E-state index >= 15 is 0 Å². The number of hydrogen-bond acceptors (Lipinski definition) is 7. The zero-order chi connectivity index (χ0) is 29.7. The number of nitrogens with two attached hydrogens (primary N) is 1. The third-order valence-electron chi connectivity index (χ3n) is 7.91. The molecule has 3 N–H and O–H groups in total. The van der Waals surface area contributed by atoms with Crippen LogP contribution in [0.3, 0.4) is 0 Å². The van der Waals surface area contributed by atoms with Crippen LogP contribution < -0.4 is 16.0 Å². The number of amides is 3. The van der Waals surface area contributed by atoms with E-state index in [1.807, 2.05) is 26.0 Å². The maximum atomic E-state index is 13.2. The van der Waals surface area contributed by atoms with Gasteiger partial charge < -0.3 is 11.1 Å². The summed E-state index contributed by atoms with van der Waals surface area (Å²) in [6.07, 6.45) is 7.18. The van der Waals surface area contributed by atoms with E-state index in [0.29, 0.717) is 43.6 Å². The van der Waals surface area contributed by atoms with E-state index in [9.17, 15) is 26.4 Å². The Morgan fingerprint density at radius 3 is 2.15 bits per heavy atom. The number of anilines is 1. The van der Waals surface area contributed by atoms with Gasteiger partial charge in [0.15, 0.2) is 0 Å². The lowest BCUT2D eigenvalue weighted by Crippen LogP contribution is -2.50. The predicted octanol–water partition coefficient (Wildman–Crippen LogP) is 2.44. The highest BCUT2D eigenvalue weighted by Gasteiger charge is 2.47. The highest BCUT2D eigenvalue weighted by atomic mass is 32.2. The van der Waals surface area contributed by atoms with E-state index in [2.05, 4.69) is 5.32 Å². The molecule has 0 saturated carbocycles. The van der Waals surface area contributed by atoms with Gasteiger partial charge in [0, 0.05) is 44.3 Å². The van der Waals surface area contributed by atoms with Crippen molar-refractivity contribution in [2.45, 2.75) is 77.2 Å². The summed E-state index contributed by atoms with van der Waals surface area (Å²) in [5.41, 5.74) is 7.86. The molecule has 0 radical (unpaired) electrons. The number of carbonyl (C=O) groups excluding carboxylic acids is 2. The number of carbonyl (C=O) groups is 2. The van der Waals surface area contributed by atoms with E-state index in [1.165, 1.54) is 15.5 Å². The molecule has 3 rings (SSSR count). The average Bonchev–Trinajstić information content (AvgIpc) is 3.15. The Balaban J connectivity index is 1.50. The first-order valence-electron chi connectivity index (χ1n) is 13.8. The van der Waals surface area contributed by atoms with E-state index in [0.717, 1.165) is 42.4 Å². The van der Waals surface area contributed by atoms with Crippen LogP contribution in [-0.4, -0.2) is 82.4 Å². The van der Waals surface area contributed by atoms with Gasteiger partial charge in [-0.1, -0.05) is 19.3 Å². The van der Waals surface area contributed by atoms with Crippen LogP contribution in [0.4, 0.5) is 10.5 Å². The molecule has 13 heteroatoms. The fraction of sp³-hybridized carbons (Fsp3) is 0.667. The van der Waals surface area contributed by atoms with Gasteiger partial charge in [0.25, 0.3) is 5.91 Å². The van der Waals surface area contributed by atoms with Crippen LogP contribution >= 0.6 is 0 Å². The minimum atomic E-state index is -3.54. The topological polar surface area (TPSA) is 159 Å². The normalized spacial score (nSPS) is 17.6. The number of primary amides is 1. The second-order valence-electron chi connectivity index (χ2n) is 11.1. The molecule has 0 atom stereocenters. The second kappa shape index (κ2) is 13.0. The predicted molar refractivity (Wildman–Crippen MR) is 158 cm³/mol. The fourth-order valence-electron chi connectivity index (χ4n) is 5.41. The maximum absolute atomic E-state index is 13.2. The molecule has 2 heterocycles. The summed E-state index contributed by atoms with van der Waals surface area (Å²) < 4.78 is 50.2. The lowest BCUT2D eigenvalue weighted by atomic mass is 9.89. The van der Waals surface area contributed by atoms with Gasteiger partial charge in [0.05, 0.1) is 5.75 Å². The van der Waals surface area contributed by atoms with Crippen LogP contribution in [0.2, 0.25) is 0 Å². The molecule has 1 spiro atoms. The number of piperidine rings is 1. The molecule has 0 aromatic heterocycles. The number of unbranched alkanes of at least 4 members (excludes halogenated alkanes) is 4. The van der Waals surface area contributed by atoms with Gasteiger partial charge in [0.2, 0.25) is 10.0 Å². The number of sulfonamides is 1. The van der Waals surface area contributed by atoms with Crippen LogP contribution in [-0.2, 0) is 31.1 Å². The van der Waals surface area contributed by atoms with Gasteiger partial charge >= 0.3 is 6.03 Å². The van der Waals surface area contributed by atoms with E-state index in [1.54, 1.807) is 7.05 Å². The molecule has 0 aliphatic carbocycles. The molecule has 3 amide bonds. The Hall–Kier alpha value is -2.51. The summed E-state index contributed by atoms with van der Waals surface area (Å²) in [6.45, 7) is 4.27. The number of benzene rings is 1. The van der Waals surface area contributed by atoms with E-state index in [4.69, 9.17) is 10.7 Å². The fourth-order valence-corrected chi connectivity index (χ4v) is 7.60. The Labute approximate surface area is 238 Å². The zero-order valence-corrected chi connectivity index (χ0v) is 25.7. The van der Waals surface area contributed by atoms with Crippen molar-refractivity contribution in [2.75, 3.05) is 42.8 Å². The Morgan fingerprint density at radius 2 is 1.57 bits per heavy atom. The molecule has 0 bridgehead atoms. The van der Waals surface area contributed by atoms with Crippen molar-refractivity contribution >= 4 is 43.3 Å². The number of amidine groups is 1. The quantitative estimate of drug-likeness (QED) is 0.332. The van der Waals surface area contributed by atoms with Crippen LogP contribution in [0.1, 0.15) is 68.1 Å². The number of urea groups is 1. The lowest BCUT2D eigenvalue weighted by molar-refractivity contribution is -0.124. The van der Waals surface area contributed by atoms with Gasteiger partial charge in [-0.25, -0.2) is 25.9 Å². The standard InChI is InChI=1S/C27H43N5O6S2/c1-20-18-22(31(3)26(28)34)19-21(2)23(20)11-17-40(37,38)32-14-12-27(13-15-32)25(33)29-24(30-27)10-8-6-5-7-9-16-39(4,35)36/h18-19H,5-17H2,1-4H3,(H2,28,34)(H,29,30,33). The van der Waals surface area contributed by atoms with Gasteiger partial charge in [-0.15, -0.1) is 0 Å². The van der Waals surface area contributed by atoms with Gasteiger partial charge in [-0.2, -0.15) is 0 Å². The van der Waals surface area contributed by atoms with Crippen molar-refractivity contribution in [1.29, 1.82) is 0 Å². The number of aryl methyl sites for hydroxylation is 2. The highest BCUT2D eigenvalue weighted by molar-refractivity contribution is 7.90. The summed E-state index contributed by atoms with van der Waals surface area (Å²) in [6, 6.07) is 3.10. The summed E-state index contributed by atoms with van der Waals surface area (Å²) in [5, 5.41) is 2.90. The van der Waals surface area contributed by atoms with Gasteiger partial charge in [0.1, 0.15) is 21.2 Å². The van der Waals surface area contributed by atoms with Crippen molar-refractivity contribution in [3.63, 3.8) is 0 Å². The minimum Gasteiger partial charge on any atom is -0.351 e. The molecule has 2 aliphatic rings. The van der Waals surface area contributed by atoms with Crippen LogP contribution in [0.15, 0.2) is 17.1 Å². The minimum absolute atomic E-state index is 0.0441. The van der Waals surface area contributed by atoms with Crippen LogP contribution in [0.25, 0.3) is 0 Å². The molecule has 1 saturated heterocycles. The molecule has 40 heavy (non-hydrogen) atoms. The summed E-state index contributed by atoms with van der Waals surface area (Å²) >= 11 is 0. The van der Waals surface area contributed by atoms with Crippen molar-refractivity contribution in [3.8, 4) is 0 Å². The van der Waals surface area contributed by atoms with Crippen LogP contribution in [0.5, 0.6) is 0 Å². The van der Waals surface area contributed by atoms with Crippen molar-refractivity contribution in [2.24, 2.45) is 10.7 Å². The first-order valence-corrected chi connectivity index (χ1v) is 17.5. The SMILES string of the molecule is Cc1cc(N(C)C(N)=O)cc(C)c1CCS(=O)(=O)N1CCC2(CC1)N=C(CCCCCCCS(C)(=O)=O)NC2=O. The molecule has 1 fully saturated rings. The maximum Gasteiger partial charge on any atom is 0.318 e. The smallest absolute Gasteiger partial charge is 0.318 e. The summed E-state index contributed by atoms with van der Waals surface area (Å²) in [4.78, 5) is 30.4. The molecular weight excluding hydrogens is 554 g/mol. The third-order valence-corrected chi connectivity index (χ3v) is 10.8. The third kappa shape index (κ3) is 8.26. The summed E-state index contributed by atoms with van der Waals surface area (Å²) in [7, 11) is -4.86. The first kappa shape index (κ1) is 32.0. The van der Waals surface area contributed by atoms with Gasteiger partial charge in [-0.05, 0) is 74.8 Å². The lowest BCUT2D eigenvalue weighted by Gasteiger charge is -2.34. The number of hydrogen-bond donors (Lipinski definition) is 2. The summed E-state index contributed by atoms with van der Waals surface area (Å²) in [5.74, 6) is 0.680. The number of rotatable bonds is 13. The zero-order valence-electron chi connectivity index (χ0n) is 24.0. The van der Waals surface area contributed by atoms with E-state index < -0.39 is 31.4 Å². The highest BCUT2D eigenvalue weighted by Crippen LogP contribution is 2.32. The van der Waals surface area contributed by atoms with Crippen molar-refractivity contribution < 1.29 is 26.4 Å². The van der Waals surface area contributed by atoms with Crippen LogP contribution in [0, 0.1) is 13.8 Å². The molecule has 224 valence electrons. The molecule has 1 aromatic rings. The molecule has 1 aromatic carbocycles. The first-order chi connectivity index (χ1) is 18.6. The largest absolute Gasteiger partial charge is 0.351 e. The second-order valence-corrected chi connectivity index (χ2v) is 15.5. The molecule has 11 nitrogen and oxygen atoms in total. The van der Waals surface area contributed by atoms with Gasteiger partial charge in [-0.3, -0.25) is 14.7 Å². The number of nitrogens with one attached hydrogen (secondary N) is 1. The van der Waals surface area contributed by atoms with Crippen molar-refractivity contribution in [3.05, 3.63) is 28.8 Å². The average molecular weight is 598 g/mol.